The number of para-hydroxylation sites is 1. The van der Waals surface area contributed by atoms with E-state index in [1.165, 1.54) is 43.8 Å². The molecule has 5 aromatic rings. The molecule has 0 aliphatic carbocycles. The fourth-order valence-electron chi connectivity index (χ4n) is 4.04. The predicted octanol–water partition coefficient (Wildman–Crippen LogP) is 6.50. The second-order valence-corrected chi connectivity index (χ2v) is 6.52. The summed E-state index contributed by atoms with van der Waals surface area (Å²) in [5, 5.41) is 5.32. The van der Waals surface area contributed by atoms with Gasteiger partial charge in [0, 0.05) is 21.8 Å². The van der Waals surface area contributed by atoms with Gasteiger partial charge in [-0.1, -0.05) is 73.7 Å². The van der Waals surface area contributed by atoms with E-state index in [1.807, 2.05) is 0 Å². The quantitative estimate of drug-likeness (QED) is 0.350. The number of benzene rings is 4. The van der Waals surface area contributed by atoms with Gasteiger partial charge in [0.05, 0.1) is 11.0 Å². The van der Waals surface area contributed by atoms with Gasteiger partial charge in [-0.05, 0) is 35.6 Å². The van der Waals surface area contributed by atoms with Gasteiger partial charge in [0.1, 0.15) is 0 Å². The van der Waals surface area contributed by atoms with Gasteiger partial charge in [0.15, 0.2) is 0 Å². The van der Waals surface area contributed by atoms with Crippen molar-refractivity contribution in [3.8, 4) is 5.69 Å². The summed E-state index contributed by atoms with van der Waals surface area (Å²) in [7, 11) is 0. The molecule has 0 aliphatic heterocycles. The first-order valence-electron chi connectivity index (χ1n) is 8.87. The number of fused-ring (bicyclic) bond motifs is 5. The van der Waals surface area contributed by atoms with Crippen LogP contribution in [-0.2, 0) is 6.42 Å². The van der Waals surface area contributed by atoms with Crippen LogP contribution >= 0.6 is 0 Å². The van der Waals surface area contributed by atoms with Crippen molar-refractivity contribution >= 4 is 32.6 Å². The summed E-state index contributed by atoms with van der Waals surface area (Å²) in [5.74, 6) is 0. The van der Waals surface area contributed by atoms with Crippen LogP contribution in [-0.4, -0.2) is 4.57 Å². The fraction of sp³-hybridized carbons (Fsp3) is 0.0833. The van der Waals surface area contributed by atoms with Crippen LogP contribution in [0.1, 0.15) is 12.5 Å². The molecule has 25 heavy (non-hydrogen) atoms. The highest BCUT2D eigenvalue weighted by atomic mass is 15.0. The minimum atomic E-state index is 1.04. The van der Waals surface area contributed by atoms with Gasteiger partial charge in [0.2, 0.25) is 0 Å². The molecule has 4 aromatic carbocycles. The molecule has 0 unspecified atom stereocenters. The van der Waals surface area contributed by atoms with Crippen LogP contribution in [0.15, 0.2) is 84.9 Å². The number of rotatable bonds is 2. The van der Waals surface area contributed by atoms with Gasteiger partial charge in [-0.25, -0.2) is 0 Å². The van der Waals surface area contributed by atoms with Crippen LogP contribution in [0, 0.1) is 0 Å². The summed E-state index contributed by atoms with van der Waals surface area (Å²) < 4.78 is 2.42. The lowest BCUT2D eigenvalue weighted by Gasteiger charge is -2.09. The Hall–Kier alpha value is -3.06. The van der Waals surface area contributed by atoms with Crippen molar-refractivity contribution < 1.29 is 0 Å². The molecule has 1 aromatic heterocycles. The minimum absolute atomic E-state index is 1.04. The maximum atomic E-state index is 2.42. The first kappa shape index (κ1) is 14.3. The molecular formula is C24H19N. The van der Waals surface area contributed by atoms with Crippen LogP contribution in [0.2, 0.25) is 0 Å². The normalized spacial score (nSPS) is 11.6. The van der Waals surface area contributed by atoms with Gasteiger partial charge < -0.3 is 4.57 Å². The lowest BCUT2D eigenvalue weighted by Crippen LogP contribution is -1.94. The maximum absolute atomic E-state index is 2.42. The zero-order valence-electron chi connectivity index (χ0n) is 14.2. The molecule has 0 N–H and O–H groups in total. The summed E-state index contributed by atoms with van der Waals surface area (Å²) >= 11 is 0. The Bertz CT molecular complexity index is 1210. The zero-order valence-corrected chi connectivity index (χ0v) is 14.2. The minimum Gasteiger partial charge on any atom is -0.309 e. The van der Waals surface area contributed by atoms with Gasteiger partial charge in [-0.15, -0.1) is 0 Å². The summed E-state index contributed by atoms with van der Waals surface area (Å²) in [5.41, 5.74) is 5.22. The Labute approximate surface area is 147 Å². The molecule has 0 radical (unpaired) electrons. The molecule has 120 valence electrons. The van der Waals surface area contributed by atoms with E-state index >= 15 is 0 Å². The van der Waals surface area contributed by atoms with Crippen molar-refractivity contribution in [1.29, 1.82) is 0 Å². The van der Waals surface area contributed by atoms with E-state index in [-0.39, 0.29) is 0 Å². The van der Waals surface area contributed by atoms with E-state index < -0.39 is 0 Å². The lowest BCUT2D eigenvalue weighted by molar-refractivity contribution is 1.15. The summed E-state index contributed by atoms with van der Waals surface area (Å²) in [6.45, 7) is 2.24. The Morgan fingerprint density at radius 3 is 2.32 bits per heavy atom. The van der Waals surface area contributed by atoms with Crippen molar-refractivity contribution in [2.75, 3.05) is 0 Å². The fourth-order valence-corrected chi connectivity index (χ4v) is 4.04. The molecule has 0 atom stereocenters. The van der Waals surface area contributed by atoms with Crippen LogP contribution < -0.4 is 0 Å². The lowest BCUT2D eigenvalue weighted by atomic mass is 10.0. The molecule has 0 amide bonds. The number of hydrogen-bond acceptors (Lipinski definition) is 0. The first-order chi connectivity index (χ1) is 12.4. The van der Waals surface area contributed by atoms with Crippen LogP contribution in [0.4, 0.5) is 0 Å². The van der Waals surface area contributed by atoms with Crippen molar-refractivity contribution in [2.24, 2.45) is 0 Å². The molecule has 1 heteroatoms. The number of aryl methyl sites for hydroxylation is 1. The Morgan fingerprint density at radius 1 is 0.680 bits per heavy atom. The number of aromatic nitrogens is 1. The smallest absolute Gasteiger partial charge is 0.0619 e. The van der Waals surface area contributed by atoms with Gasteiger partial charge in [0.25, 0.3) is 0 Å². The second kappa shape index (κ2) is 5.49. The van der Waals surface area contributed by atoms with E-state index in [0.717, 1.165) is 6.42 Å². The van der Waals surface area contributed by atoms with Crippen LogP contribution in [0.5, 0.6) is 0 Å². The molecule has 0 spiro atoms. The van der Waals surface area contributed by atoms with E-state index in [2.05, 4.69) is 96.4 Å². The largest absolute Gasteiger partial charge is 0.309 e. The third kappa shape index (κ3) is 2.02. The third-order valence-corrected chi connectivity index (χ3v) is 5.16. The van der Waals surface area contributed by atoms with Gasteiger partial charge in [-0.3, -0.25) is 0 Å². The van der Waals surface area contributed by atoms with Crippen LogP contribution in [0.25, 0.3) is 38.3 Å². The Morgan fingerprint density at radius 2 is 1.48 bits per heavy atom. The first-order valence-corrected chi connectivity index (χ1v) is 8.87. The van der Waals surface area contributed by atoms with Crippen LogP contribution in [0.3, 0.4) is 0 Å². The SMILES string of the molecule is CCc1cccc2c1c1ccc3ccccc3c1n2-c1ccccc1. The Balaban J connectivity index is 2.10. The number of hydrogen-bond donors (Lipinski definition) is 0. The topological polar surface area (TPSA) is 4.93 Å². The predicted molar refractivity (Wildman–Crippen MR) is 108 cm³/mol. The molecule has 0 fully saturated rings. The average molecular weight is 321 g/mol. The Kier molecular flexibility index (Phi) is 3.14. The molecular weight excluding hydrogens is 302 g/mol. The number of nitrogens with zero attached hydrogens (tertiary/aromatic N) is 1. The summed E-state index contributed by atoms with van der Waals surface area (Å²) in [6, 6.07) is 30.6. The molecule has 5 rings (SSSR count). The molecule has 0 saturated heterocycles. The van der Waals surface area contributed by atoms with E-state index in [0.29, 0.717) is 0 Å². The van der Waals surface area contributed by atoms with Gasteiger partial charge in [-0.2, -0.15) is 0 Å². The standard InChI is InChI=1S/C24H19N/c1-2-17-10-8-14-22-23(17)21-16-15-18-9-6-7-13-20(18)24(21)25(22)19-11-4-3-5-12-19/h3-16H,2H2,1H3. The molecule has 1 heterocycles. The highest BCUT2D eigenvalue weighted by Gasteiger charge is 2.16. The average Bonchev–Trinajstić information content (AvgIpc) is 3.03. The maximum Gasteiger partial charge on any atom is 0.0619 e. The van der Waals surface area contributed by atoms with Crippen molar-refractivity contribution in [3.05, 3.63) is 90.5 Å². The van der Waals surface area contributed by atoms with E-state index in [1.54, 1.807) is 0 Å². The van der Waals surface area contributed by atoms with Crippen molar-refractivity contribution in [1.82, 2.24) is 4.57 Å². The molecule has 0 saturated carbocycles. The molecule has 1 nitrogen and oxygen atoms in total. The van der Waals surface area contributed by atoms with Gasteiger partial charge >= 0.3 is 0 Å². The van der Waals surface area contributed by atoms with Crippen molar-refractivity contribution in [3.63, 3.8) is 0 Å². The molecule has 0 aliphatic rings. The second-order valence-electron chi connectivity index (χ2n) is 6.52. The van der Waals surface area contributed by atoms with Crippen molar-refractivity contribution in [2.45, 2.75) is 13.3 Å². The summed E-state index contributed by atoms with van der Waals surface area (Å²) in [6.07, 6.45) is 1.04. The van der Waals surface area contributed by atoms with E-state index in [9.17, 15) is 0 Å². The summed E-state index contributed by atoms with van der Waals surface area (Å²) in [4.78, 5) is 0. The highest BCUT2D eigenvalue weighted by Crippen LogP contribution is 2.38. The highest BCUT2D eigenvalue weighted by molar-refractivity contribution is 6.19. The van der Waals surface area contributed by atoms with E-state index in [4.69, 9.17) is 0 Å². The zero-order chi connectivity index (χ0) is 16.8. The monoisotopic (exact) mass is 321 g/mol. The third-order valence-electron chi connectivity index (χ3n) is 5.16. The molecule has 0 bridgehead atoms.